The van der Waals surface area contributed by atoms with E-state index < -0.39 is 0 Å². The van der Waals surface area contributed by atoms with Crippen LogP contribution in [0.2, 0.25) is 0 Å². The molecular formula is C48H53BN2O. The van der Waals surface area contributed by atoms with E-state index in [2.05, 4.69) is 146 Å². The van der Waals surface area contributed by atoms with E-state index >= 15 is 0 Å². The largest absolute Gasteiger partial charge is 0.473 e. The van der Waals surface area contributed by atoms with Gasteiger partial charge in [-0.05, 0) is 125 Å². The fourth-order valence-corrected chi connectivity index (χ4v) is 9.53. The van der Waals surface area contributed by atoms with Crippen LogP contribution in [-0.4, -0.2) is 6.71 Å². The average Bonchev–Trinajstić information content (AvgIpc) is 3.46. The van der Waals surface area contributed by atoms with Crippen molar-refractivity contribution in [2.45, 2.75) is 112 Å². The zero-order chi connectivity index (χ0) is 36.9. The van der Waals surface area contributed by atoms with Gasteiger partial charge in [0, 0.05) is 33.7 Å². The Kier molecular flexibility index (Phi) is 8.11. The number of benzene rings is 3. The maximum absolute atomic E-state index is 7.09. The number of furan rings is 1. The number of fused-ring (bicyclic) bond motifs is 7. The minimum absolute atomic E-state index is 0.0195. The Bertz CT molecular complexity index is 2280. The third-order valence-corrected chi connectivity index (χ3v) is 12.6. The second kappa shape index (κ2) is 12.2. The van der Waals surface area contributed by atoms with E-state index in [0.717, 1.165) is 54.8 Å². The van der Waals surface area contributed by atoms with Gasteiger partial charge < -0.3 is 14.2 Å². The lowest BCUT2D eigenvalue weighted by Gasteiger charge is -2.50. The molecule has 0 N–H and O–H groups in total. The van der Waals surface area contributed by atoms with Crippen LogP contribution in [0.25, 0.3) is 6.08 Å². The Morgan fingerprint density at radius 1 is 0.923 bits per heavy atom. The molecule has 3 aromatic carbocycles. The molecule has 4 aromatic rings. The van der Waals surface area contributed by atoms with Gasteiger partial charge in [-0.15, -0.1) is 6.42 Å². The van der Waals surface area contributed by atoms with Gasteiger partial charge in [-0.25, -0.2) is 0 Å². The zero-order valence-electron chi connectivity index (χ0n) is 32.9. The van der Waals surface area contributed by atoms with Crippen molar-refractivity contribution in [2.24, 2.45) is 5.92 Å². The number of anilines is 5. The normalized spacial score (nSPS) is 18.0. The highest BCUT2D eigenvalue weighted by Crippen LogP contribution is 2.56. The summed E-state index contributed by atoms with van der Waals surface area (Å²) in [6.45, 7) is 23.1. The van der Waals surface area contributed by atoms with Crippen molar-refractivity contribution in [3.8, 4) is 12.3 Å². The number of terminal acetylenes is 1. The van der Waals surface area contributed by atoms with E-state index in [1.165, 1.54) is 72.8 Å². The predicted octanol–water partition coefficient (Wildman–Crippen LogP) is 10.7. The molecule has 0 spiro atoms. The van der Waals surface area contributed by atoms with E-state index in [4.69, 9.17) is 10.8 Å². The van der Waals surface area contributed by atoms with E-state index in [9.17, 15) is 0 Å². The molecule has 0 saturated heterocycles. The minimum atomic E-state index is -0.211. The summed E-state index contributed by atoms with van der Waals surface area (Å²) in [5, 5.41) is 0. The van der Waals surface area contributed by atoms with Gasteiger partial charge in [0.2, 0.25) is 0 Å². The van der Waals surface area contributed by atoms with Gasteiger partial charge in [0.15, 0.2) is 0 Å². The highest BCUT2D eigenvalue weighted by atomic mass is 16.3. The molecule has 1 atom stereocenters. The molecule has 8 rings (SSSR count). The van der Waals surface area contributed by atoms with Crippen molar-refractivity contribution in [2.75, 3.05) is 9.80 Å². The molecular weight excluding hydrogens is 631 g/mol. The molecule has 0 saturated carbocycles. The van der Waals surface area contributed by atoms with Crippen molar-refractivity contribution in [1.29, 1.82) is 0 Å². The number of nitrogens with zero attached hydrogens (tertiary/aromatic N) is 2. The summed E-state index contributed by atoms with van der Waals surface area (Å²) in [6.07, 6.45) is 19.9. The third kappa shape index (κ3) is 4.81. The Morgan fingerprint density at radius 2 is 1.69 bits per heavy atom. The molecule has 264 valence electrons. The van der Waals surface area contributed by atoms with Crippen molar-refractivity contribution < 1.29 is 4.42 Å². The van der Waals surface area contributed by atoms with Gasteiger partial charge in [0.25, 0.3) is 6.71 Å². The van der Waals surface area contributed by atoms with Crippen LogP contribution < -0.4 is 26.4 Å². The van der Waals surface area contributed by atoms with Crippen LogP contribution in [0.1, 0.15) is 121 Å². The van der Waals surface area contributed by atoms with Crippen LogP contribution in [0.5, 0.6) is 0 Å². The molecule has 0 bridgehead atoms. The first-order valence-corrected chi connectivity index (χ1v) is 19.6. The maximum atomic E-state index is 7.09. The minimum Gasteiger partial charge on any atom is -0.473 e. The molecule has 0 fully saturated rings. The first-order valence-electron chi connectivity index (χ1n) is 19.6. The Balaban J connectivity index is 1.55. The first kappa shape index (κ1) is 34.5. The molecule has 3 aliphatic heterocycles. The molecule has 0 radical (unpaired) electrons. The monoisotopic (exact) mass is 684 g/mol. The fraction of sp³-hybridized carbons (Fsp3) is 0.375. The molecule has 52 heavy (non-hydrogen) atoms. The van der Waals surface area contributed by atoms with Crippen LogP contribution in [-0.2, 0) is 23.7 Å². The lowest BCUT2D eigenvalue weighted by molar-refractivity contribution is 0.563. The molecule has 3 nitrogen and oxygen atoms in total. The maximum Gasteiger partial charge on any atom is 0.297 e. The fourth-order valence-electron chi connectivity index (χ4n) is 9.53. The molecule has 1 aromatic heterocycles. The summed E-state index contributed by atoms with van der Waals surface area (Å²) in [5.41, 5.74) is 20.5. The number of hydrogen-bond acceptors (Lipinski definition) is 3. The smallest absolute Gasteiger partial charge is 0.297 e. The second-order valence-corrected chi connectivity index (χ2v) is 16.9. The average molecular weight is 685 g/mol. The summed E-state index contributed by atoms with van der Waals surface area (Å²) in [7, 11) is 0. The molecule has 1 unspecified atom stereocenters. The molecule has 4 heterocycles. The van der Waals surface area contributed by atoms with Gasteiger partial charge in [-0.3, -0.25) is 0 Å². The Labute approximate surface area is 312 Å². The van der Waals surface area contributed by atoms with Gasteiger partial charge in [-0.2, -0.15) is 0 Å². The number of allylic oxidation sites excluding steroid dienone is 4. The summed E-state index contributed by atoms with van der Waals surface area (Å²) >= 11 is 0. The number of rotatable bonds is 6. The van der Waals surface area contributed by atoms with E-state index in [1.54, 1.807) is 0 Å². The third-order valence-electron chi connectivity index (χ3n) is 12.6. The topological polar surface area (TPSA) is 19.6 Å². The quantitative estimate of drug-likeness (QED) is 0.131. The molecule has 4 heteroatoms. The van der Waals surface area contributed by atoms with Crippen LogP contribution in [0, 0.1) is 25.2 Å². The summed E-state index contributed by atoms with van der Waals surface area (Å²) in [5.74, 6) is 4.24. The first-order chi connectivity index (χ1) is 24.9. The predicted molar refractivity (Wildman–Crippen MR) is 224 cm³/mol. The van der Waals surface area contributed by atoms with Gasteiger partial charge in [-0.1, -0.05) is 105 Å². The Hall–Kier alpha value is -4.62. The van der Waals surface area contributed by atoms with Crippen molar-refractivity contribution in [3.05, 3.63) is 111 Å². The number of aryl methyl sites for hydroxylation is 3. The standard InChI is InChI=1S/C48H53BN2O/c1-12-17-18-35-29(6)52-46-44(35)51-40-23-20-31(14-3)26-37(40)48(10,11)36-21-24-41-42(45(36)51)49(46)38-28-34(47(7,8)9)27-33(16-5)43(38)50(41)39-22-19-30(13-2)25-32(39)15-4/h1,17-24,26-28,30H,13-16,25H2,2-11H3/b18-17-. The van der Waals surface area contributed by atoms with E-state index in [0.29, 0.717) is 5.92 Å². The highest BCUT2D eigenvalue weighted by Gasteiger charge is 2.52. The SMILES string of the molecule is C#C/C=C\c1c(C)oc2c1N1c3ccc(CC)cc3C(C)(C)c3ccc4c(c31)B2c1cc(C(C)(C)C)cc(CC)c1N4C1=C(CC)CC(CC)C=C1. The van der Waals surface area contributed by atoms with E-state index in [-0.39, 0.29) is 17.5 Å². The van der Waals surface area contributed by atoms with Gasteiger partial charge >= 0.3 is 0 Å². The second-order valence-electron chi connectivity index (χ2n) is 16.9. The lowest BCUT2D eigenvalue weighted by Crippen LogP contribution is -2.62. The van der Waals surface area contributed by atoms with Crippen LogP contribution in [0.4, 0.5) is 28.4 Å². The van der Waals surface area contributed by atoms with Crippen molar-refractivity contribution in [3.63, 3.8) is 0 Å². The summed E-state index contributed by atoms with van der Waals surface area (Å²) in [4.78, 5) is 5.21. The highest BCUT2D eigenvalue weighted by molar-refractivity contribution is 6.99. The van der Waals surface area contributed by atoms with Crippen molar-refractivity contribution in [1.82, 2.24) is 0 Å². The van der Waals surface area contributed by atoms with Crippen LogP contribution >= 0.6 is 0 Å². The lowest BCUT2D eigenvalue weighted by atomic mass is 9.34. The molecule has 1 aliphatic carbocycles. The summed E-state index contributed by atoms with van der Waals surface area (Å²) in [6, 6.07) is 17.0. The Morgan fingerprint density at radius 3 is 2.37 bits per heavy atom. The van der Waals surface area contributed by atoms with Crippen LogP contribution in [0.15, 0.2) is 76.4 Å². The van der Waals surface area contributed by atoms with E-state index in [1.807, 2.05) is 6.08 Å². The molecule has 4 aliphatic rings. The van der Waals surface area contributed by atoms with Crippen LogP contribution in [0.3, 0.4) is 0 Å². The van der Waals surface area contributed by atoms with Gasteiger partial charge in [0.1, 0.15) is 5.76 Å². The van der Waals surface area contributed by atoms with Crippen molar-refractivity contribution >= 4 is 57.8 Å². The van der Waals surface area contributed by atoms with Gasteiger partial charge in [0.05, 0.1) is 17.0 Å². The summed E-state index contributed by atoms with van der Waals surface area (Å²) < 4.78 is 7.09. The number of hydrogen-bond donors (Lipinski definition) is 0. The molecule has 0 amide bonds. The zero-order valence-corrected chi connectivity index (χ0v) is 32.9.